The number of urea groups is 1. The Bertz CT molecular complexity index is 325. The minimum absolute atomic E-state index is 0.203. The maximum atomic E-state index is 11.8. The number of hydrogen-bond donors (Lipinski definition) is 0. The number of imide groups is 2. The average molecular weight is 224 g/mol. The lowest BCUT2D eigenvalue weighted by atomic mass is 10.2. The number of carbonyl (C=O) groups excluding carboxylic acids is 3. The monoisotopic (exact) mass is 224 g/mol. The molecule has 0 saturated carbocycles. The summed E-state index contributed by atoms with van der Waals surface area (Å²) >= 11 is 0. The molecule has 1 aliphatic heterocycles. The summed E-state index contributed by atoms with van der Waals surface area (Å²) in [6.07, 6.45) is 3.98. The molecule has 0 aliphatic carbocycles. The van der Waals surface area contributed by atoms with E-state index in [-0.39, 0.29) is 5.91 Å². The minimum atomic E-state index is -0.559. The lowest BCUT2D eigenvalue weighted by Crippen LogP contribution is -2.46. The van der Waals surface area contributed by atoms with E-state index < -0.39 is 11.9 Å². The fourth-order valence-electron chi connectivity index (χ4n) is 1.60. The van der Waals surface area contributed by atoms with Crippen LogP contribution in [0.5, 0.6) is 0 Å². The summed E-state index contributed by atoms with van der Waals surface area (Å²) in [7, 11) is 1.35. The van der Waals surface area contributed by atoms with E-state index in [2.05, 4.69) is 6.58 Å². The summed E-state index contributed by atoms with van der Waals surface area (Å²) in [6.45, 7) is 3.70. The molecule has 1 saturated heterocycles. The largest absolute Gasteiger partial charge is 0.333 e. The first-order valence-electron chi connectivity index (χ1n) is 5.32. The molecule has 0 bridgehead atoms. The van der Waals surface area contributed by atoms with E-state index in [1.807, 2.05) is 0 Å². The normalized spacial score (nSPS) is 16.6. The van der Waals surface area contributed by atoms with E-state index in [0.29, 0.717) is 13.0 Å². The standard InChI is InChI=1S/C11H16N2O3/c1-3-9(14)12(2)11(16)13-8-6-4-5-7-10(13)15/h3H,1,4-8H2,2H3. The Hall–Kier alpha value is -1.65. The first-order chi connectivity index (χ1) is 7.57. The molecule has 0 unspecified atom stereocenters. The second-order valence-electron chi connectivity index (χ2n) is 3.74. The highest BCUT2D eigenvalue weighted by atomic mass is 16.2. The van der Waals surface area contributed by atoms with Crippen LogP contribution in [0.25, 0.3) is 0 Å². The van der Waals surface area contributed by atoms with Crippen LogP contribution in [-0.4, -0.2) is 41.2 Å². The van der Waals surface area contributed by atoms with Gasteiger partial charge in [0.1, 0.15) is 0 Å². The number of carbonyl (C=O) groups is 3. The molecule has 4 amide bonds. The van der Waals surface area contributed by atoms with Crippen molar-refractivity contribution >= 4 is 17.8 Å². The van der Waals surface area contributed by atoms with E-state index in [0.717, 1.165) is 35.1 Å². The predicted molar refractivity (Wildman–Crippen MR) is 58.5 cm³/mol. The first-order valence-corrected chi connectivity index (χ1v) is 5.32. The highest BCUT2D eigenvalue weighted by molar-refractivity contribution is 6.04. The van der Waals surface area contributed by atoms with Gasteiger partial charge in [0.25, 0.3) is 5.91 Å². The third-order valence-electron chi connectivity index (χ3n) is 2.60. The van der Waals surface area contributed by atoms with Gasteiger partial charge in [-0.1, -0.05) is 13.0 Å². The summed E-state index contributed by atoms with van der Waals surface area (Å²) in [6, 6.07) is -0.559. The van der Waals surface area contributed by atoms with Gasteiger partial charge in [-0.15, -0.1) is 0 Å². The molecule has 0 aromatic rings. The van der Waals surface area contributed by atoms with Gasteiger partial charge in [-0.25, -0.2) is 4.79 Å². The van der Waals surface area contributed by atoms with Crippen LogP contribution in [0.2, 0.25) is 0 Å². The van der Waals surface area contributed by atoms with Crippen molar-refractivity contribution in [3.05, 3.63) is 12.7 Å². The van der Waals surface area contributed by atoms with Crippen molar-refractivity contribution in [3.8, 4) is 0 Å². The van der Waals surface area contributed by atoms with Gasteiger partial charge in [-0.2, -0.15) is 0 Å². The van der Waals surface area contributed by atoms with Crippen LogP contribution >= 0.6 is 0 Å². The van der Waals surface area contributed by atoms with Crippen LogP contribution in [0.1, 0.15) is 25.7 Å². The molecule has 16 heavy (non-hydrogen) atoms. The topological polar surface area (TPSA) is 57.7 Å². The van der Waals surface area contributed by atoms with Crippen LogP contribution in [0.4, 0.5) is 4.79 Å². The Morgan fingerprint density at radius 2 is 2.06 bits per heavy atom. The highest BCUT2D eigenvalue weighted by Crippen LogP contribution is 2.12. The molecule has 0 radical (unpaired) electrons. The second-order valence-corrected chi connectivity index (χ2v) is 3.74. The van der Waals surface area contributed by atoms with E-state index in [1.165, 1.54) is 7.05 Å². The molecule has 1 fully saturated rings. The number of rotatable bonds is 1. The van der Waals surface area contributed by atoms with Crippen molar-refractivity contribution in [2.24, 2.45) is 0 Å². The highest BCUT2D eigenvalue weighted by Gasteiger charge is 2.27. The lowest BCUT2D eigenvalue weighted by molar-refractivity contribution is -0.129. The number of nitrogens with zero attached hydrogens (tertiary/aromatic N) is 2. The summed E-state index contributed by atoms with van der Waals surface area (Å²) in [4.78, 5) is 36.7. The summed E-state index contributed by atoms with van der Waals surface area (Å²) in [5.41, 5.74) is 0. The molecule has 88 valence electrons. The molecule has 1 aliphatic rings. The Balaban J connectivity index is 2.74. The summed E-state index contributed by atoms with van der Waals surface area (Å²) in [5, 5.41) is 0. The van der Waals surface area contributed by atoms with Crippen LogP contribution in [0.15, 0.2) is 12.7 Å². The quantitative estimate of drug-likeness (QED) is 0.628. The Morgan fingerprint density at radius 3 is 2.69 bits per heavy atom. The van der Waals surface area contributed by atoms with Crippen molar-refractivity contribution in [3.63, 3.8) is 0 Å². The lowest BCUT2D eigenvalue weighted by Gasteiger charge is -2.23. The molecular formula is C11H16N2O3. The average Bonchev–Trinajstić information content (AvgIpc) is 2.51. The number of hydrogen-bond acceptors (Lipinski definition) is 3. The summed E-state index contributed by atoms with van der Waals surface area (Å²) < 4.78 is 0. The van der Waals surface area contributed by atoms with Gasteiger partial charge in [-0.3, -0.25) is 19.4 Å². The molecule has 5 heteroatoms. The minimum Gasteiger partial charge on any atom is -0.274 e. The molecule has 0 aromatic carbocycles. The fourth-order valence-corrected chi connectivity index (χ4v) is 1.60. The zero-order valence-electron chi connectivity index (χ0n) is 9.44. The Kier molecular flexibility index (Phi) is 4.22. The molecule has 0 atom stereocenters. The second kappa shape index (κ2) is 5.44. The Morgan fingerprint density at radius 1 is 1.38 bits per heavy atom. The summed E-state index contributed by atoms with van der Waals surface area (Å²) in [5.74, 6) is -0.701. The third-order valence-corrected chi connectivity index (χ3v) is 2.60. The maximum Gasteiger partial charge on any atom is 0.333 e. The molecule has 0 N–H and O–H groups in total. The smallest absolute Gasteiger partial charge is 0.274 e. The number of amides is 4. The molecule has 0 aromatic heterocycles. The first kappa shape index (κ1) is 12.4. The van der Waals surface area contributed by atoms with E-state index in [9.17, 15) is 14.4 Å². The molecule has 1 heterocycles. The zero-order valence-corrected chi connectivity index (χ0v) is 9.44. The van der Waals surface area contributed by atoms with Gasteiger partial charge in [0, 0.05) is 20.0 Å². The Labute approximate surface area is 94.7 Å². The SMILES string of the molecule is C=CC(=O)N(C)C(=O)N1CCCCCC1=O. The van der Waals surface area contributed by atoms with E-state index in [4.69, 9.17) is 0 Å². The van der Waals surface area contributed by atoms with Gasteiger partial charge >= 0.3 is 6.03 Å². The molecular weight excluding hydrogens is 208 g/mol. The van der Waals surface area contributed by atoms with Crippen molar-refractivity contribution < 1.29 is 14.4 Å². The van der Waals surface area contributed by atoms with Crippen molar-refractivity contribution in [2.75, 3.05) is 13.6 Å². The van der Waals surface area contributed by atoms with Gasteiger partial charge in [0.15, 0.2) is 0 Å². The van der Waals surface area contributed by atoms with Crippen LogP contribution in [0, 0.1) is 0 Å². The fraction of sp³-hybridized carbons (Fsp3) is 0.545. The van der Waals surface area contributed by atoms with Gasteiger partial charge in [0.2, 0.25) is 5.91 Å². The molecule has 0 spiro atoms. The predicted octanol–water partition coefficient (Wildman–Crippen LogP) is 1.15. The molecule has 1 rings (SSSR count). The van der Waals surface area contributed by atoms with Gasteiger partial charge < -0.3 is 0 Å². The van der Waals surface area contributed by atoms with E-state index in [1.54, 1.807) is 0 Å². The van der Waals surface area contributed by atoms with Crippen molar-refractivity contribution in [1.29, 1.82) is 0 Å². The van der Waals surface area contributed by atoms with Crippen molar-refractivity contribution in [1.82, 2.24) is 9.80 Å². The van der Waals surface area contributed by atoms with Crippen LogP contribution in [0.3, 0.4) is 0 Å². The number of likely N-dealkylation sites (N-methyl/N-ethyl adjacent to an activating group) is 1. The molecule has 5 nitrogen and oxygen atoms in total. The third kappa shape index (κ3) is 2.68. The van der Waals surface area contributed by atoms with Gasteiger partial charge in [0.05, 0.1) is 0 Å². The van der Waals surface area contributed by atoms with Gasteiger partial charge in [-0.05, 0) is 18.9 Å². The zero-order chi connectivity index (χ0) is 12.1. The number of likely N-dealkylation sites (tertiary alicyclic amines) is 1. The van der Waals surface area contributed by atoms with Crippen LogP contribution in [-0.2, 0) is 9.59 Å². The maximum absolute atomic E-state index is 11.8. The van der Waals surface area contributed by atoms with Crippen molar-refractivity contribution in [2.45, 2.75) is 25.7 Å². The van der Waals surface area contributed by atoms with Crippen LogP contribution < -0.4 is 0 Å². The van der Waals surface area contributed by atoms with E-state index >= 15 is 0 Å².